The molecule has 2 aliphatic rings. The number of piperidine rings is 1. The molecule has 0 spiro atoms. The lowest BCUT2D eigenvalue weighted by Gasteiger charge is -2.42. The van der Waals surface area contributed by atoms with Crippen molar-refractivity contribution in [2.24, 2.45) is 11.3 Å². The highest BCUT2D eigenvalue weighted by molar-refractivity contribution is 7.89. The number of fused-ring (bicyclic) bond motifs is 1. The number of hydrogen-bond donors (Lipinski definition) is 1. The second kappa shape index (κ2) is 5.89. The van der Waals surface area contributed by atoms with Gasteiger partial charge < -0.3 is 10.0 Å². The highest BCUT2D eigenvalue weighted by Gasteiger charge is 2.52. The van der Waals surface area contributed by atoms with Crippen molar-refractivity contribution in [1.82, 2.24) is 9.21 Å². The van der Waals surface area contributed by atoms with E-state index in [2.05, 4.69) is 0 Å². The smallest absolute Gasteiger partial charge is 0.243 e. The second-order valence-corrected chi connectivity index (χ2v) is 8.50. The SMILES string of the molecule is CC(=O)N1CC[C@H]2CN(S(=O)(=O)c3ccccc3)C[C@@]2(CO)C1. The summed E-state index contributed by atoms with van der Waals surface area (Å²) < 4.78 is 27.1. The Morgan fingerprint density at radius 3 is 2.61 bits per heavy atom. The standard InChI is InChI=1S/C16H22N2O4S/c1-13(20)17-8-7-14-9-18(11-16(14,10-17)12-19)23(21,22)15-5-3-2-4-6-15/h2-6,14,19H,7-12H2,1H3/t14-,16+/m0/s1. The molecule has 0 unspecified atom stereocenters. The Bertz CT molecular complexity index is 691. The van der Waals surface area contributed by atoms with Crippen LogP contribution in [-0.2, 0) is 14.8 Å². The molecule has 3 rings (SSSR count). The molecule has 2 aliphatic heterocycles. The van der Waals surface area contributed by atoms with Gasteiger partial charge in [0.1, 0.15) is 0 Å². The zero-order chi connectivity index (χ0) is 16.7. The van der Waals surface area contributed by atoms with Crippen molar-refractivity contribution in [3.8, 4) is 0 Å². The van der Waals surface area contributed by atoms with Crippen LogP contribution in [0.5, 0.6) is 0 Å². The quantitative estimate of drug-likeness (QED) is 0.872. The van der Waals surface area contributed by atoms with Crippen molar-refractivity contribution < 1.29 is 18.3 Å². The van der Waals surface area contributed by atoms with Crippen LogP contribution in [0.15, 0.2) is 35.2 Å². The first-order chi connectivity index (χ1) is 10.9. The van der Waals surface area contributed by atoms with Crippen molar-refractivity contribution in [3.63, 3.8) is 0 Å². The average Bonchev–Trinajstić information content (AvgIpc) is 2.95. The van der Waals surface area contributed by atoms with Crippen LogP contribution in [0.3, 0.4) is 0 Å². The van der Waals surface area contributed by atoms with Crippen molar-refractivity contribution in [2.45, 2.75) is 18.2 Å². The Hall–Kier alpha value is -1.44. The maximum absolute atomic E-state index is 12.8. The topological polar surface area (TPSA) is 77.9 Å². The van der Waals surface area contributed by atoms with E-state index in [0.29, 0.717) is 19.6 Å². The number of aliphatic hydroxyl groups is 1. The fraction of sp³-hybridized carbons (Fsp3) is 0.562. The van der Waals surface area contributed by atoms with Gasteiger partial charge in [-0.1, -0.05) is 18.2 Å². The molecule has 1 aromatic carbocycles. The lowest BCUT2D eigenvalue weighted by Crippen LogP contribution is -2.52. The molecule has 1 N–H and O–H groups in total. The van der Waals surface area contributed by atoms with E-state index in [9.17, 15) is 18.3 Å². The molecule has 7 heteroatoms. The van der Waals surface area contributed by atoms with Crippen molar-refractivity contribution in [1.29, 1.82) is 0 Å². The Kier molecular flexibility index (Phi) is 4.20. The number of benzene rings is 1. The number of sulfonamides is 1. The molecule has 126 valence electrons. The fourth-order valence-electron chi connectivity index (χ4n) is 3.75. The molecule has 23 heavy (non-hydrogen) atoms. The predicted octanol–water partition coefficient (Wildman–Crippen LogP) is 0.538. The van der Waals surface area contributed by atoms with E-state index >= 15 is 0 Å². The summed E-state index contributed by atoms with van der Waals surface area (Å²) in [6.45, 7) is 3.12. The molecule has 2 atom stereocenters. The molecule has 1 amide bonds. The van der Waals surface area contributed by atoms with Gasteiger partial charge in [-0.15, -0.1) is 0 Å². The van der Waals surface area contributed by atoms with Crippen molar-refractivity contribution in [2.75, 3.05) is 32.8 Å². The third-order valence-corrected chi connectivity index (χ3v) is 7.00. The fourth-order valence-corrected chi connectivity index (χ4v) is 5.36. The average molecular weight is 338 g/mol. The number of carbonyl (C=O) groups excluding carboxylic acids is 1. The van der Waals surface area contributed by atoms with E-state index in [4.69, 9.17) is 0 Å². The molecule has 0 saturated carbocycles. The molecule has 1 aromatic rings. The van der Waals surface area contributed by atoms with Gasteiger partial charge in [0.25, 0.3) is 0 Å². The Balaban J connectivity index is 1.88. The Morgan fingerprint density at radius 2 is 2.00 bits per heavy atom. The maximum atomic E-state index is 12.8. The highest BCUT2D eigenvalue weighted by Crippen LogP contribution is 2.43. The molecular weight excluding hydrogens is 316 g/mol. The largest absolute Gasteiger partial charge is 0.396 e. The monoisotopic (exact) mass is 338 g/mol. The van der Waals surface area contributed by atoms with Crippen LogP contribution in [-0.4, -0.2) is 61.4 Å². The molecular formula is C16H22N2O4S. The molecule has 0 aliphatic carbocycles. The summed E-state index contributed by atoms with van der Waals surface area (Å²) in [6, 6.07) is 8.36. The minimum atomic E-state index is -3.56. The zero-order valence-corrected chi connectivity index (χ0v) is 14.0. The number of likely N-dealkylation sites (tertiary alicyclic amines) is 1. The summed E-state index contributed by atoms with van der Waals surface area (Å²) in [5, 5.41) is 9.95. The minimum absolute atomic E-state index is 0.0272. The minimum Gasteiger partial charge on any atom is -0.396 e. The second-order valence-electron chi connectivity index (χ2n) is 6.56. The first kappa shape index (κ1) is 16.4. The van der Waals surface area contributed by atoms with Crippen LogP contribution < -0.4 is 0 Å². The molecule has 0 bridgehead atoms. The van der Waals surface area contributed by atoms with Crippen LogP contribution in [0.4, 0.5) is 0 Å². The number of aliphatic hydroxyl groups excluding tert-OH is 1. The number of carbonyl (C=O) groups is 1. The van der Waals surface area contributed by atoms with Crippen molar-refractivity contribution >= 4 is 15.9 Å². The van der Waals surface area contributed by atoms with E-state index < -0.39 is 15.4 Å². The number of hydrogen-bond acceptors (Lipinski definition) is 4. The summed E-state index contributed by atoms with van der Waals surface area (Å²) in [5.41, 5.74) is -0.550. The van der Waals surface area contributed by atoms with Crippen molar-refractivity contribution in [3.05, 3.63) is 30.3 Å². The van der Waals surface area contributed by atoms with Gasteiger partial charge in [0.05, 0.1) is 11.5 Å². The molecule has 2 fully saturated rings. The van der Waals surface area contributed by atoms with Gasteiger partial charge in [0, 0.05) is 38.5 Å². The molecule has 2 saturated heterocycles. The van der Waals surface area contributed by atoms with E-state index in [0.717, 1.165) is 6.42 Å². The third kappa shape index (κ3) is 2.77. The normalized spacial score (nSPS) is 28.6. The van der Waals surface area contributed by atoms with Gasteiger partial charge in [-0.25, -0.2) is 8.42 Å². The zero-order valence-electron chi connectivity index (χ0n) is 13.2. The number of rotatable bonds is 3. The van der Waals surface area contributed by atoms with Gasteiger partial charge in [0.2, 0.25) is 15.9 Å². The maximum Gasteiger partial charge on any atom is 0.243 e. The van der Waals surface area contributed by atoms with E-state index in [1.807, 2.05) is 0 Å². The van der Waals surface area contributed by atoms with Crippen LogP contribution in [0.2, 0.25) is 0 Å². The van der Waals surface area contributed by atoms with E-state index in [-0.39, 0.29) is 29.9 Å². The summed E-state index contributed by atoms with van der Waals surface area (Å²) >= 11 is 0. The predicted molar refractivity (Wildman–Crippen MR) is 85.1 cm³/mol. The highest BCUT2D eigenvalue weighted by atomic mass is 32.2. The van der Waals surface area contributed by atoms with Gasteiger partial charge in [0.15, 0.2) is 0 Å². The number of amides is 1. The van der Waals surface area contributed by atoms with Crippen LogP contribution >= 0.6 is 0 Å². The number of nitrogens with zero attached hydrogens (tertiary/aromatic N) is 2. The summed E-state index contributed by atoms with van der Waals surface area (Å²) in [5.74, 6) is 0.0576. The third-order valence-electron chi connectivity index (χ3n) is 5.18. The van der Waals surface area contributed by atoms with Gasteiger partial charge in [-0.05, 0) is 24.5 Å². The Labute approximate surface area is 136 Å². The summed E-state index contributed by atoms with van der Waals surface area (Å²) in [4.78, 5) is 13.6. The summed E-state index contributed by atoms with van der Waals surface area (Å²) in [6.07, 6.45) is 0.723. The van der Waals surface area contributed by atoms with E-state index in [1.165, 1.54) is 11.2 Å². The van der Waals surface area contributed by atoms with Crippen LogP contribution in [0.25, 0.3) is 0 Å². The Morgan fingerprint density at radius 1 is 1.30 bits per heavy atom. The van der Waals surface area contributed by atoms with Gasteiger partial charge in [-0.2, -0.15) is 4.31 Å². The molecule has 0 radical (unpaired) electrons. The first-order valence-electron chi connectivity index (χ1n) is 7.81. The first-order valence-corrected chi connectivity index (χ1v) is 9.25. The van der Waals surface area contributed by atoms with Crippen LogP contribution in [0, 0.1) is 11.3 Å². The summed E-state index contributed by atoms with van der Waals surface area (Å²) in [7, 11) is -3.56. The van der Waals surface area contributed by atoms with Gasteiger partial charge in [-0.3, -0.25) is 4.79 Å². The van der Waals surface area contributed by atoms with E-state index in [1.54, 1.807) is 35.2 Å². The molecule has 6 nitrogen and oxygen atoms in total. The molecule has 2 heterocycles. The van der Waals surface area contributed by atoms with Gasteiger partial charge >= 0.3 is 0 Å². The van der Waals surface area contributed by atoms with Crippen LogP contribution in [0.1, 0.15) is 13.3 Å². The molecule has 0 aromatic heterocycles. The lowest BCUT2D eigenvalue weighted by molar-refractivity contribution is -0.134. The lowest BCUT2D eigenvalue weighted by atomic mass is 9.74.